The first-order chi connectivity index (χ1) is 12.3. The summed E-state index contributed by atoms with van der Waals surface area (Å²) in [5, 5.41) is 3.43. The zero-order valence-corrected chi connectivity index (χ0v) is 15.5. The van der Waals surface area contributed by atoms with Gasteiger partial charge in [0.1, 0.15) is 6.04 Å². The zero-order chi connectivity index (χ0) is 19.2. The van der Waals surface area contributed by atoms with Gasteiger partial charge in [0.25, 0.3) is 0 Å². The average molecular weight is 383 g/mol. The summed E-state index contributed by atoms with van der Waals surface area (Å²) in [6, 6.07) is 1.62. The second-order valence-electron chi connectivity index (χ2n) is 6.16. The van der Waals surface area contributed by atoms with Crippen LogP contribution in [-0.2, 0) is 19.1 Å². The number of likely N-dealkylation sites (tertiary alicyclic amines) is 1. The molecule has 9 heteroatoms. The van der Waals surface area contributed by atoms with E-state index in [1.165, 1.54) is 28.4 Å². The van der Waals surface area contributed by atoms with Crippen molar-refractivity contribution in [2.75, 3.05) is 28.4 Å². The Morgan fingerprint density at radius 1 is 1.12 bits per heavy atom. The maximum atomic E-state index is 12.7. The number of imide groups is 1. The molecular formula is C17H19ClN2O6. The van der Waals surface area contributed by atoms with Crippen LogP contribution < -0.4 is 14.8 Å². The number of nitrogens with one attached hydrogen (secondary N) is 1. The molecule has 0 radical (unpaired) electrons. The molecule has 0 bridgehead atoms. The van der Waals surface area contributed by atoms with Gasteiger partial charge in [0.2, 0.25) is 11.8 Å². The van der Waals surface area contributed by atoms with Crippen LogP contribution in [0.5, 0.6) is 11.5 Å². The highest BCUT2D eigenvalue weighted by atomic mass is 35.5. The number of carbonyl (C=O) groups is 3. The summed E-state index contributed by atoms with van der Waals surface area (Å²) in [5.74, 6) is -2.24. The van der Waals surface area contributed by atoms with Crippen molar-refractivity contribution in [1.82, 2.24) is 10.2 Å². The van der Waals surface area contributed by atoms with E-state index in [0.29, 0.717) is 22.1 Å². The lowest BCUT2D eigenvalue weighted by atomic mass is 9.86. The predicted octanol–water partition coefficient (Wildman–Crippen LogP) is 0.774. The van der Waals surface area contributed by atoms with Gasteiger partial charge in [0.15, 0.2) is 11.5 Å². The number of benzene rings is 1. The van der Waals surface area contributed by atoms with Gasteiger partial charge < -0.3 is 14.2 Å². The van der Waals surface area contributed by atoms with Gasteiger partial charge >= 0.3 is 5.97 Å². The summed E-state index contributed by atoms with van der Waals surface area (Å²) in [4.78, 5) is 38.4. The molecule has 2 amide bonds. The van der Waals surface area contributed by atoms with Crippen LogP contribution in [0.2, 0.25) is 5.02 Å². The van der Waals surface area contributed by atoms with Crippen molar-refractivity contribution in [2.24, 2.45) is 11.8 Å². The SMILES string of the molecule is COC(=O)[C@@H]1N[C@H](c2cc(Cl)cc(OC)c2OC)[C@@H]2C(=O)N(C)C(=O)[C@@H]21. The van der Waals surface area contributed by atoms with Gasteiger partial charge in [-0.25, -0.2) is 0 Å². The number of amides is 2. The summed E-state index contributed by atoms with van der Waals surface area (Å²) in [5.41, 5.74) is 0.537. The highest BCUT2D eigenvalue weighted by Gasteiger charge is 2.60. The van der Waals surface area contributed by atoms with Crippen LogP contribution >= 0.6 is 11.6 Å². The quantitative estimate of drug-likeness (QED) is 0.607. The molecule has 1 N–H and O–H groups in total. The Hall–Kier alpha value is -2.32. The molecule has 0 saturated carbocycles. The second-order valence-corrected chi connectivity index (χ2v) is 6.60. The minimum absolute atomic E-state index is 0.370. The smallest absolute Gasteiger partial charge is 0.323 e. The van der Waals surface area contributed by atoms with Crippen molar-refractivity contribution in [3.63, 3.8) is 0 Å². The fourth-order valence-corrected chi connectivity index (χ4v) is 4.00. The highest BCUT2D eigenvalue weighted by molar-refractivity contribution is 6.30. The van der Waals surface area contributed by atoms with Gasteiger partial charge in [0, 0.05) is 29.7 Å². The summed E-state index contributed by atoms with van der Waals surface area (Å²) in [6.45, 7) is 0. The van der Waals surface area contributed by atoms with Crippen molar-refractivity contribution in [3.8, 4) is 11.5 Å². The zero-order valence-electron chi connectivity index (χ0n) is 14.7. The van der Waals surface area contributed by atoms with Gasteiger partial charge in [0.05, 0.1) is 33.2 Å². The van der Waals surface area contributed by atoms with Gasteiger partial charge in [-0.15, -0.1) is 0 Å². The Morgan fingerprint density at radius 2 is 1.77 bits per heavy atom. The average Bonchev–Trinajstić information content (AvgIpc) is 3.13. The third-order valence-electron chi connectivity index (χ3n) is 4.96. The first-order valence-electron chi connectivity index (χ1n) is 7.92. The van der Waals surface area contributed by atoms with E-state index in [-0.39, 0.29) is 5.91 Å². The van der Waals surface area contributed by atoms with Gasteiger partial charge in [-0.1, -0.05) is 11.6 Å². The van der Waals surface area contributed by atoms with Crippen molar-refractivity contribution >= 4 is 29.4 Å². The molecule has 140 valence electrons. The maximum Gasteiger partial charge on any atom is 0.323 e. The minimum Gasteiger partial charge on any atom is -0.493 e. The van der Waals surface area contributed by atoms with E-state index in [1.807, 2.05) is 0 Å². The van der Waals surface area contributed by atoms with Gasteiger partial charge in [-0.2, -0.15) is 0 Å². The normalized spacial score (nSPS) is 27.5. The summed E-state index contributed by atoms with van der Waals surface area (Å²) in [6.07, 6.45) is 0. The lowest BCUT2D eigenvalue weighted by molar-refractivity contribution is -0.147. The van der Waals surface area contributed by atoms with Crippen molar-refractivity contribution in [1.29, 1.82) is 0 Å². The third-order valence-corrected chi connectivity index (χ3v) is 5.18. The molecule has 2 aliphatic rings. The summed E-state index contributed by atoms with van der Waals surface area (Å²) < 4.78 is 15.6. The number of esters is 1. The number of fused-ring (bicyclic) bond motifs is 1. The van der Waals surface area contributed by atoms with Gasteiger partial charge in [-0.3, -0.25) is 24.6 Å². The Morgan fingerprint density at radius 3 is 2.35 bits per heavy atom. The molecule has 1 aromatic rings. The molecule has 8 nitrogen and oxygen atoms in total. The maximum absolute atomic E-state index is 12.7. The molecule has 2 saturated heterocycles. The molecule has 4 atom stereocenters. The molecule has 0 unspecified atom stereocenters. The van der Waals surface area contributed by atoms with E-state index in [9.17, 15) is 14.4 Å². The van der Waals surface area contributed by atoms with Crippen LogP contribution in [0.15, 0.2) is 12.1 Å². The van der Waals surface area contributed by atoms with Crippen LogP contribution in [0.1, 0.15) is 11.6 Å². The number of nitrogens with zero attached hydrogens (tertiary/aromatic N) is 1. The number of hydrogen-bond acceptors (Lipinski definition) is 7. The fourth-order valence-electron chi connectivity index (χ4n) is 3.78. The number of ether oxygens (including phenoxy) is 3. The molecule has 1 aromatic carbocycles. The van der Waals surface area contributed by atoms with Crippen LogP contribution in [0, 0.1) is 11.8 Å². The van der Waals surface area contributed by atoms with E-state index in [2.05, 4.69) is 5.32 Å². The second kappa shape index (κ2) is 6.77. The van der Waals surface area contributed by atoms with Crippen LogP contribution in [0.25, 0.3) is 0 Å². The lowest BCUT2D eigenvalue weighted by Gasteiger charge is -2.22. The van der Waals surface area contributed by atoms with Gasteiger partial charge in [-0.05, 0) is 6.07 Å². The Balaban J connectivity index is 2.14. The molecule has 2 fully saturated rings. The Labute approximate surface area is 155 Å². The van der Waals surface area contributed by atoms with E-state index >= 15 is 0 Å². The van der Waals surface area contributed by atoms with E-state index in [1.54, 1.807) is 12.1 Å². The molecule has 3 rings (SSSR count). The monoisotopic (exact) mass is 382 g/mol. The number of halogens is 1. The minimum atomic E-state index is -0.939. The number of carbonyl (C=O) groups excluding carboxylic acids is 3. The predicted molar refractivity (Wildman–Crippen MR) is 91.0 cm³/mol. The lowest BCUT2D eigenvalue weighted by Crippen LogP contribution is -2.42. The fraction of sp³-hybridized carbons (Fsp3) is 0.471. The molecule has 0 aliphatic carbocycles. The topological polar surface area (TPSA) is 94.2 Å². The molecular weight excluding hydrogens is 364 g/mol. The number of methoxy groups -OCH3 is 3. The largest absolute Gasteiger partial charge is 0.493 e. The highest BCUT2D eigenvalue weighted by Crippen LogP contribution is 2.48. The molecule has 26 heavy (non-hydrogen) atoms. The summed E-state index contributed by atoms with van der Waals surface area (Å²) in [7, 11) is 5.58. The van der Waals surface area contributed by atoms with E-state index < -0.39 is 35.8 Å². The van der Waals surface area contributed by atoms with E-state index in [0.717, 1.165) is 4.90 Å². The molecule has 2 heterocycles. The molecule has 2 aliphatic heterocycles. The first kappa shape index (κ1) is 18.5. The van der Waals surface area contributed by atoms with Crippen LogP contribution in [-0.4, -0.2) is 57.1 Å². The Kier molecular flexibility index (Phi) is 4.81. The van der Waals surface area contributed by atoms with Crippen molar-refractivity contribution in [2.45, 2.75) is 12.1 Å². The molecule has 0 spiro atoms. The number of rotatable bonds is 4. The van der Waals surface area contributed by atoms with Crippen molar-refractivity contribution < 1.29 is 28.6 Å². The third kappa shape index (κ3) is 2.60. The molecule has 0 aromatic heterocycles. The van der Waals surface area contributed by atoms with Crippen LogP contribution in [0.4, 0.5) is 0 Å². The number of hydrogen-bond donors (Lipinski definition) is 1. The van der Waals surface area contributed by atoms with E-state index in [4.69, 9.17) is 25.8 Å². The summed E-state index contributed by atoms with van der Waals surface area (Å²) >= 11 is 6.18. The van der Waals surface area contributed by atoms with Crippen molar-refractivity contribution in [3.05, 3.63) is 22.7 Å². The Bertz CT molecular complexity index is 783. The standard InChI is InChI=1S/C17H19ClN2O6/c1-20-15(21)10-11(16(20)22)13(17(23)26-4)19-12(10)8-5-7(18)6-9(24-2)14(8)25-3/h5-6,10-13,19H,1-4H3/t10-,11+,12-,13-/m1/s1. The van der Waals surface area contributed by atoms with Crippen LogP contribution in [0.3, 0.4) is 0 Å². The first-order valence-corrected chi connectivity index (χ1v) is 8.30.